The van der Waals surface area contributed by atoms with Gasteiger partial charge < -0.3 is 0 Å². The topological polar surface area (TPSA) is 0 Å². The summed E-state index contributed by atoms with van der Waals surface area (Å²) < 4.78 is 3.28. The molecule has 7 heavy (non-hydrogen) atoms. The van der Waals surface area contributed by atoms with Gasteiger partial charge >= 0.3 is 52.8 Å². The zero-order valence-electron chi connectivity index (χ0n) is 4.45. The number of quaternary nitrogens is 1. The standard InChI is InChI=1S/C4H10INP/c1-6(2-3-6)5-4-7-5/h7H,2-4H2,1H3. The second-order valence-electron chi connectivity index (χ2n) is 2.32. The van der Waals surface area contributed by atoms with Gasteiger partial charge in [-0.05, 0) is 0 Å². The van der Waals surface area contributed by atoms with E-state index >= 15 is 0 Å². The molecule has 0 spiro atoms. The summed E-state index contributed by atoms with van der Waals surface area (Å²) in [4.78, 5) is 0. The summed E-state index contributed by atoms with van der Waals surface area (Å²) in [7, 11) is 2.45. The van der Waals surface area contributed by atoms with Crippen LogP contribution < -0.4 is 19.5 Å². The first-order valence-corrected chi connectivity index (χ1v) is 9.37. The zero-order chi connectivity index (χ0) is 4.91. The summed E-state index contributed by atoms with van der Waals surface area (Å²) in [5.74, 6) is 0. The number of likely N-dealkylation sites (N-methyl/N-ethyl adjacent to an activating group) is 1. The number of hydrogen-bond donors (Lipinski definition) is 0. The van der Waals surface area contributed by atoms with Crippen molar-refractivity contribution in [1.82, 2.24) is 0 Å². The first-order chi connectivity index (χ1) is 3.31. The number of rotatable bonds is 1. The maximum atomic E-state index is 2.45. The van der Waals surface area contributed by atoms with E-state index in [0.29, 0.717) is 0 Å². The molecule has 3 heteroatoms. The maximum absolute atomic E-state index is 2.45. The van der Waals surface area contributed by atoms with Crippen molar-refractivity contribution < 1.29 is 22.2 Å². The van der Waals surface area contributed by atoms with Crippen LogP contribution in [0.25, 0.3) is 0 Å². The van der Waals surface area contributed by atoms with Crippen molar-refractivity contribution in [3.05, 3.63) is 0 Å². The molecule has 0 aromatic rings. The van der Waals surface area contributed by atoms with Crippen LogP contribution in [-0.4, -0.2) is 27.0 Å². The van der Waals surface area contributed by atoms with Crippen molar-refractivity contribution in [3.8, 4) is 0 Å². The molecule has 0 amide bonds. The number of nitrogens with zero attached hydrogens (tertiary/aromatic N) is 1. The quantitative estimate of drug-likeness (QED) is 0.154. The van der Waals surface area contributed by atoms with Crippen molar-refractivity contribution in [1.29, 1.82) is 0 Å². The van der Waals surface area contributed by atoms with E-state index in [2.05, 4.69) is 7.05 Å². The second kappa shape index (κ2) is 1.34. The molecule has 0 saturated carbocycles. The van der Waals surface area contributed by atoms with E-state index in [0.717, 1.165) is 0 Å². The van der Waals surface area contributed by atoms with Gasteiger partial charge in [-0.15, -0.1) is 0 Å². The SMILES string of the molecule is C[N+]1([I-]2CP2)CC1. The fraction of sp³-hybridized carbons (Fsp3) is 1.00. The van der Waals surface area contributed by atoms with Crippen molar-refractivity contribution >= 4 is 6.22 Å². The van der Waals surface area contributed by atoms with Gasteiger partial charge in [-0.2, -0.15) is 0 Å². The van der Waals surface area contributed by atoms with Gasteiger partial charge in [0.2, 0.25) is 0 Å². The van der Waals surface area contributed by atoms with E-state index < -0.39 is 0 Å². The molecule has 0 aromatic carbocycles. The van der Waals surface area contributed by atoms with Crippen LogP contribution >= 0.6 is 6.22 Å². The molecule has 1 atom stereocenters. The van der Waals surface area contributed by atoms with Crippen molar-refractivity contribution in [2.24, 2.45) is 0 Å². The van der Waals surface area contributed by atoms with E-state index in [4.69, 9.17) is 0 Å². The molecular formula is C4H10INP. The summed E-state index contributed by atoms with van der Waals surface area (Å²) >= 11 is -0.181. The van der Waals surface area contributed by atoms with E-state index in [1.54, 1.807) is 6.87 Å². The molecule has 0 N–H and O–H groups in total. The Hall–Kier alpha value is 1.12. The van der Waals surface area contributed by atoms with Gasteiger partial charge in [0.05, 0.1) is 0 Å². The van der Waals surface area contributed by atoms with Crippen LogP contribution in [0.4, 0.5) is 0 Å². The van der Waals surface area contributed by atoms with Crippen LogP contribution in [0.5, 0.6) is 0 Å². The molecule has 43 valence electrons. The molecule has 2 aliphatic rings. The van der Waals surface area contributed by atoms with Crippen molar-refractivity contribution in [2.75, 3.05) is 24.3 Å². The summed E-state index contributed by atoms with van der Waals surface area (Å²) in [5.41, 5.74) is 0. The van der Waals surface area contributed by atoms with E-state index in [-0.39, 0.29) is 19.5 Å². The molecule has 0 aromatic heterocycles. The van der Waals surface area contributed by atoms with Crippen LogP contribution in [0.1, 0.15) is 0 Å². The Morgan fingerprint density at radius 3 is 2.29 bits per heavy atom. The molecule has 2 saturated heterocycles. The predicted octanol–water partition coefficient (Wildman–Crippen LogP) is -2.45. The van der Waals surface area contributed by atoms with Gasteiger partial charge in [-0.25, -0.2) is 0 Å². The first kappa shape index (κ1) is 4.95. The molecule has 2 fully saturated rings. The van der Waals surface area contributed by atoms with Crippen LogP contribution in [0, 0.1) is 0 Å². The molecular weight excluding hydrogens is 220 g/mol. The van der Waals surface area contributed by atoms with Crippen molar-refractivity contribution in [3.63, 3.8) is 0 Å². The van der Waals surface area contributed by atoms with E-state index in [1.807, 2.05) is 0 Å². The van der Waals surface area contributed by atoms with E-state index in [9.17, 15) is 0 Å². The summed E-state index contributed by atoms with van der Waals surface area (Å²) in [6, 6.07) is 0. The van der Waals surface area contributed by atoms with Gasteiger partial charge in [0.1, 0.15) is 0 Å². The minimum absolute atomic E-state index is 0.181. The van der Waals surface area contributed by atoms with Gasteiger partial charge in [-0.1, -0.05) is 0 Å². The molecule has 0 aliphatic carbocycles. The third-order valence-electron chi connectivity index (χ3n) is 1.59. The third kappa shape index (κ3) is 0.816. The summed E-state index contributed by atoms with van der Waals surface area (Å²) in [5, 5.41) is 0. The third-order valence-corrected chi connectivity index (χ3v) is 12.9. The molecule has 1 unspecified atom stereocenters. The second-order valence-corrected chi connectivity index (χ2v) is 14.6. The molecule has 1 nitrogen and oxygen atoms in total. The number of hydrogen-bond acceptors (Lipinski definition) is 0. The van der Waals surface area contributed by atoms with Crippen molar-refractivity contribution in [2.45, 2.75) is 0 Å². The first-order valence-electron chi connectivity index (χ1n) is 2.56. The van der Waals surface area contributed by atoms with Crippen LogP contribution in [-0.2, 0) is 0 Å². The van der Waals surface area contributed by atoms with Crippen LogP contribution in [0.2, 0.25) is 0 Å². The fourth-order valence-corrected chi connectivity index (χ4v) is 11.7. The Morgan fingerprint density at radius 2 is 2.14 bits per heavy atom. The van der Waals surface area contributed by atoms with Crippen LogP contribution in [0.3, 0.4) is 0 Å². The molecule has 0 bridgehead atoms. The molecule has 2 aliphatic heterocycles. The monoisotopic (exact) mass is 230 g/mol. The Morgan fingerprint density at radius 1 is 1.57 bits per heavy atom. The Labute approximate surface area is 52.9 Å². The number of halogens is 1. The molecule has 1 radical (unpaired) electrons. The zero-order valence-corrected chi connectivity index (χ0v) is 7.60. The van der Waals surface area contributed by atoms with Gasteiger partial charge in [-0.3, -0.25) is 0 Å². The summed E-state index contributed by atoms with van der Waals surface area (Å²) in [6.07, 6.45) is 1.47. The average Bonchev–Trinajstić information content (AvgIpc) is 2.14. The average molecular weight is 230 g/mol. The predicted molar refractivity (Wildman–Crippen MR) is 29.1 cm³/mol. The Balaban J connectivity index is 2.04. The Bertz CT molecular complexity index is 97.9. The van der Waals surface area contributed by atoms with E-state index in [1.165, 1.54) is 19.3 Å². The minimum atomic E-state index is -0.181. The molecule has 2 rings (SSSR count). The van der Waals surface area contributed by atoms with Gasteiger partial charge in [0, 0.05) is 0 Å². The number of alkyl halides is 1. The van der Waals surface area contributed by atoms with Crippen LogP contribution in [0.15, 0.2) is 0 Å². The van der Waals surface area contributed by atoms with Gasteiger partial charge in [0.25, 0.3) is 0 Å². The fourth-order valence-electron chi connectivity index (χ4n) is 0.653. The normalized spacial score (nSPS) is 41.6. The van der Waals surface area contributed by atoms with Gasteiger partial charge in [0.15, 0.2) is 0 Å². The Kier molecular flexibility index (Phi) is 0.946. The summed E-state index contributed by atoms with van der Waals surface area (Å²) in [6.45, 7) is 3.08. The molecule has 2 heterocycles.